The normalized spacial score (nSPS) is 12.0. The van der Waals surface area contributed by atoms with Crippen molar-refractivity contribution >= 4 is 65.7 Å². The minimum atomic E-state index is 0.885. The van der Waals surface area contributed by atoms with Crippen molar-refractivity contribution in [2.45, 2.75) is 6.92 Å². The molecule has 0 N–H and O–H groups in total. The van der Waals surface area contributed by atoms with E-state index in [1.807, 2.05) is 0 Å². The highest BCUT2D eigenvalue weighted by atomic mass is 16.3. The molecule has 3 aromatic heterocycles. The number of furan rings is 2. The molecule has 0 saturated carbocycles. The fraction of sp³-hybridized carbons (Fsp3) is 0.0233. The molecule has 216 valence electrons. The van der Waals surface area contributed by atoms with Crippen molar-refractivity contribution in [1.82, 2.24) is 4.57 Å². The molecule has 0 aliphatic carbocycles. The lowest BCUT2D eigenvalue weighted by atomic mass is 9.99. The lowest BCUT2D eigenvalue weighted by Gasteiger charge is -2.08. The largest absolute Gasteiger partial charge is 0.456 e. The molecule has 10 rings (SSSR count). The predicted octanol–water partition coefficient (Wildman–Crippen LogP) is 12.2. The number of benzene rings is 7. The minimum Gasteiger partial charge on any atom is -0.456 e. The van der Waals surface area contributed by atoms with E-state index in [9.17, 15) is 0 Å². The number of nitrogens with zero attached hydrogens (tertiary/aromatic N) is 1. The molecule has 3 heterocycles. The third-order valence-corrected chi connectivity index (χ3v) is 9.48. The number of hydrogen-bond donors (Lipinski definition) is 0. The summed E-state index contributed by atoms with van der Waals surface area (Å²) in [5.74, 6) is 0. The van der Waals surface area contributed by atoms with Crippen molar-refractivity contribution in [3.8, 4) is 27.9 Å². The Morgan fingerprint density at radius 2 is 0.783 bits per heavy atom. The number of hydrogen-bond acceptors (Lipinski definition) is 2. The Morgan fingerprint density at radius 3 is 1.30 bits per heavy atom. The van der Waals surface area contributed by atoms with Crippen molar-refractivity contribution in [3.63, 3.8) is 0 Å². The number of aryl methyl sites for hydroxylation is 1. The van der Waals surface area contributed by atoms with E-state index >= 15 is 0 Å². The van der Waals surface area contributed by atoms with Gasteiger partial charge in [-0.25, -0.2) is 0 Å². The van der Waals surface area contributed by atoms with E-state index < -0.39 is 0 Å². The minimum absolute atomic E-state index is 0.885. The third kappa shape index (κ3) is 3.72. The highest BCUT2D eigenvalue weighted by molar-refractivity contribution is 6.12. The average molecular weight is 590 g/mol. The Bertz CT molecular complexity index is 2760. The summed E-state index contributed by atoms with van der Waals surface area (Å²) in [4.78, 5) is 0. The van der Waals surface area contributed by atoms with E-state index in [2.05, 4.69) is 157 Å². The summed E-state index contributed by atoms with van der Waals surface area (Å²) in [6.45, 7) is 2.12. The van der Waals surface area contributed by atoms with Crippen LogP contribution in [-0.2, 0) is 0 Å². The Balaban J connectivity index is 1.12. The van der Waals surface area contributed by atoms with E-state index in [0.29, 0.717) is 0 Å². The van der Waals surface area contributed by atoms with Gasteiger partial charge in [-0.05, 0) is 95.9 Å². The first-order chi connectivity index (χ1) is 22.7. The summed E-state index contributed by atoms with van der Waals surface area (Å²) in [6.07, 6.45) is 0. The summed E-state index contributed by atoms with van der Waals surface area (Å²) < 4.78 is 15.0. The summed E-state index contributed by atoms with van der Waals surface area (Å²) in [5, 5.41) is 6.96. The highest BCUT2D eigenvalue weighted by Crippen LogP contribution is 2.39. The average Bonchev–Trinajstić information content (AvgIpc) is 3.77. The van der Waals surface area contributed by atoms with Gasteiger partial charge in [0.2, 0.25) is 0 Å². The molecule has 0 bridgehead atoms. The van der Waals surface area contributed by atoms with Crippen LogP contribution < -0.4 is 0 Å². The highest BCUT2D eigenvalue weighted by Gasteiger charge is 2.16. The summed E-state index contributed by atoms with van der Waals surface area (Å²) in [5.41, 5.74) is 13.0. The van der Waals surface area contributed by atoms with Gasteiger partial charge in [0.1, 0.15) is 22.3 Å². The lowest BCUT2D eigenvalue weighted by molar-refractivity contribution is 0.668. The Kier molecular flexibility index (Phi) is 5.20. The number of aromatic nitrogens is 1. The Morgan fingerprint density at radius 1 is 0.370 bits per heavy atom. The van der Waals surface area contributed by atoms with E-state index in [1.165, 1.54) is 38.5 Å². The Hall–Kier alpha value is -6.06. The van der Waals surface area contributed by atoms with Crippen molar-refractivity contribution in [2.75, 3.05) is 0 Å². The molecule has 0 radical (unpaired) electrons. The van der Waals surface area contributed by atoms with Crippen molar-refractivity contribution in [3.05, 3.63) is 151 Å². The maximum Gasteiger partial charge on any atom is 0.135 e. The molecule has 0 spiro atoms. The second kappa shape index (κ2) is 9.47. The summed E-state index contributed by atoms with van der Waals surface area (Å²) >= 11 is 0. The standard InChI is InChI=1S/C43H27NO2/c1-26-10-12-27(13-11-26)28-14-18-40-34(22-28)35-23-29(15-19-41(35)45-40)30-16-20-42-36(24-30)37-25-31(17-21-43(37)46-42)44-38-8-4-2-6-32(38)33-7-3-5-9-39(33)44/h2-25H,1H3. The van der Waals surface area contributed by atoms with E-state index in [4.69, 9.17) is 8.83 Å². The zero-order valence-electron chi connectivity index (χ0n) is 25.1. The van der Waals surface area contributed by atoms with Crippen LogP contribution in [-0.4, -0.2) is 4.57 Å². The molecule has 0 aliphatic heterocycles. The van der Waals surface area contributed by atoms with Gasteiger partial charge in [-0.15, -0.1) is 0 Å². The van der Waals surface area contributed by atoms with E-state index in [0.717, 1.165) is 60.7 Å². The van der Waals surface area contributed by atoms with Crippen LogP contribution in [0.15, 0.2) is 154 Å². The smallest absolute Gasteiger partial charge is 0.135 e. The molecule has 10 aromatic rings. The fourth-order valence-electron chi connectivity index (χ4n) is 7.17. The van der Waals surface area contributed by atoms with Gasteiger partial charge in [0.05, 0.1) is 11.0 Å². The Labute approximate surface area is 264 Å². The van der Waals surface area contributed by atoms with E-state index in [1.54, 1.807) is 0 Å². The van der Waals surface area contributed by atoms with Crippen LogP contribution in [0.3, 0.4) is 0 Å². The number of fused-ring (bicyclic) bond motifs is 9. The molecule has 7 aromatic carbocycles. The fourth-order valence-corrected chi connectivity index (χ4v) is 7.17. The molecule has 0 aliphatic rings. The molecule has 46 heavy (non-hydrogen) atoms. The molecule has 3 nitrogen and oxygen atoms in total. The van der Waals surface area contributed by atoms with Crippen LogP contribution in [0.1, 0.15) is 5.56 Å². The van der Waals surface area contributed by atoms with Gasteiger partial charge in [0, 0.05) is 38.0 Å². The van der Waals surface area contributed by atoms with Gasteiger partial charge >= 0.3 is 0 Å². The van der Waals surface area contributed by atoms with Crippen molar-refractivity contribution < 1.29 is 8.83 Å². The van der Waals surface area contributed by atoms with Gasteiger partial charge < -0.3 is 13.4 Å². The molecule has 0 saturated heterocycles. The van der Waals surface area contributed by atoms with Gasteiger partial charge in [-0.2, -0.15) is 0 Å². The van der Waals surface area contributed by atoms with Gasteiger partial charge in [-0.1, -0.05) is 84.4 Å². The number of rotatable bonds is 3. The first-order valence-electron chi connectivity index (χ1n) is 15.7. The zero-order chi connectivity index (χ0) is 30.4. The quantitative estimate of drug-likeness (QED) is 0.205. The summed E-state index contributed by atoms with van der Waals surface area (Å²) in [6, 6.07) is 51.9. The molecular weight excluding hydrogens is 562 g/mol. The maximum absolute atomic E-state index is 6.34. The molecular formula is C43H27NO2. The monoisotopic (exact) mass is 589 g/mol. The van der Waals surface area contributed by atoms with Crippen LogP contribution in [0.4, 0.5) is 0 Å². The first-order valence-corrected chi connectivity index (χ1v) is 15.7. The molecule has 0 fully saturated rings. The van der Waals surface area contributed by atoms with Crippen LogP contribution in [0.25, 0.3) is 93.6 Å². The second-order valence-electron chi connectivity index (χ2n) is 12.3. The van der Waals surface area contributed by atoms with Gasteiger partial charge in [-0.3, -0.25) is 0 Å². The summed E-state index contributed by atoms with van der Waals surface area (Å²) in [7, 11) is 0. The number of para-hydroxylation sites is 2. The molecule has 0 unspecified atom stereocenters. The lowest BCUT2D eigenvalue weighted by Crippen LogP contribution is -1.93. The second-order valence-corrected chi connectivity index (χ2v) is 12.3. The van der Waals surface area contributed by atoms with Crippen LogP contribution in [0, 0.1) is 6.92 Å². The SMILES string of the molecule is Cc1ccc(-c2ccc3oc4ccc(-c5ccc6oc7ccc(-n8c9ccccc9c9ccccc98)cc7c6c5)cc4c3c2)cc1. The third-order valence-electron chi connectivity index (χ3n) is 9.48. The topological polar surface area (TPSA) is 31.2 Å². The predicted molar refractivity (Wildman–Crippen MR) is 191 cm³/mol. The maximum atomic E-state index is 6.34. The van der Waals surface area contributed by atoms with Crippen LogP contribution in [0.5, 0.6) is 0 Å². The molecule has 0 atom stereocenters. The van der Waals surface area contributed by atoms with Gasteiger partial charge in [0.25, 0.3) is 0 Å². The van der Waals surface area contributed by atoms with Crippen LogP contribution in [0.2, 0.25) is 0 Å². The molecule has 3 heteroatoms. The molecule has 0 amide bonds. The van der Waals surface area contributed by atoms with Crippen molar-refractivity contribution in [2.24, 2.45) is 0 Å². The first kappa shape index (κ1) is 25.3. The van der Waals surface area contributed by atoms with Crippen molar-refractivity contribution in [1.29, 1.82) is 0 Å². The van der Waals surface area contributed by atoms with Gasteiger partial charge in [0.15, 0.2) is 0 Å². The van der Waals surface area contributed by atoms with E-state index in [-0.39, 0.29) is 0 Å². The zero-order valence-corrected chi connectivity index (χ0v) is 25.1. The van der Waals surface area contributed by atoms with Crippen LogP contribution >= 0.6 is 0 Å².